The van der Waals surface area contributed by atoms with Gasteiger partial charge in [-0.05, 0) is 25.1 Å². The Morgan fingerprint density at radius 1 is 1.58 bits per heavy atom. The number of nitrogens with one attached hydrogen (secondary N) is 1. The summed E-state index contributed by atoms with van der Waals surface area (Å²) in [6.07, 6.45) is -0.283. The topological polar surface area (TPSA) is 69.6 Å². The SMILES string of the molecule is CC1CN(c2cccc(F)c2)C(=O)C(CC(=O)O)N1. The first kappa shape index (κ1) is 13.5. The standard InChI is InChI=1S/C13H15FN2O3/c1-8-7-16(10-4-2-3-9(14)5-10)13(19)11(15-8)6-12(17)18/h2-5,8,11,15H,6-7H2,1H3,(H,17,18). The van der Waals surface area contributed by atoms with Crippen molar-refractivity contribution in [1.82, 2.24) is 5.32 Å². The van der Waals surface area contributed by atoms with Gasteiger partial charge in [0.05, 0.1) is 12.5 Å². The summed E-state index contributed by atoms with van der Waals surface area (Å²) in [5.41, 5.74) is 0.453. The highest BCUT2D eigenvalue weighted by atomic mass is 19.1. The average Bonchev–Trinajstić information content (AvgIpc) is 2.32. The van der Waals surface area contributed by atoms with Crippen LogP contribution >= 0.6 is 0 Å². The largest absolute Gasteiger partial charge is 0.481 e. The smallest absolute Gasteiger partial charge is 0.305 e. The van der Waals surface area contributed by atoms with Gasteiger partial charge in [0, 0.05) is 18.3 Å². The van der Waals surface area contributed by atoms with Gasteiger partial charge in [-0.15, -0.1) is 0 Å². The zero-order chi connectivity index (χ0) is 14.0. The number of halogens is 1. The summed E-state index contributed by atoms with van der Waals surface area (Å²) in [7, 11) is 0. The summed E-state index contributed by atoms with van der Waals surface area (Å²) >= 11 is 0. The van der Waals surface area contributed by atoms with Crippen molar-refractivity contribution in [3.05, 3.63) is 30.1 Å². The van der Waals surface area contributed by atoms with Gasteiger partial charge in [0.15, 0.2) is 0 Å². The highest BCUT2D eigenvalue weighted by molar-refractivity contribution is 5.99. The minimum atomic E-state index is -1.04. The number of carboxylic acids is 1. The van der Waals surface area contributed by atoms with Crippen LogP contribution in [0, 0.1) is 5.82 Å². The van der Waals surface area contributed by atoms with Gasteiger partial charge >= 0.3 is 5.97 Å². The molecule has 1 aliphatic heterocycles. The first-order valence-electron chi connectivity index (χ1n) is 6.02. The number of amides is 1. The van der Waals surface area contributed by atoms with Crippen LogP contribution in [0.2, 0.25) is 0 Å². The highest BCUT2D eigenvalue weighted by Gasteiger charge is 2.34. The summed E-state index contributed by atoms with van der Waals surface area (Å²) in [5.74, 6) is -1.81. The minimum absolute atomic E-state index is 0.0506. The van der Waals surface area contributed by atoms with Gasteiger partial charge in [-0.25, -0.2) is 4.39 Å². The van der Waals surface area contributed by atoms with E-state index in [1.54, 1.807) is 6.07 Å². The second-order valence-corrected chi connectivity index (χ2v) is 4.65. The molecule has 2 unspecified atom stereocenters. The lowest BCUT2D eigenvalue weighted by Crippen LogP contribution is -2.59. The molecule has 1 aromatic rings. The molecule has 0 radical (unpaired) electrons. The lowest BCUT2D eigenvalue weighted by Gasteiger charge is -2.36. The van der Waals surface area contributed by atoms with Crippen LogP contribution in [0.3, 0.4) is 0 Å². The lowest BCUT2D eigenvalue weighted by molar-refractivity contribution is -0.140. The maximum absolute atomic E-state index is 13.2. The monoisotopic (exact) mass is 266 g/mol. The number of carbonyl (C=O) groups is 2. The molecule has 0 bridgehead atoms. The van der Waals surface area contributed by atoms with E-state index in [1.807, 2.05) is 6.92 Å². The van der Waals surface area contributed by atoms with E-state index >= 15 is 0 Å². The van der Waals surface area contributed by atoms with Crippen LogP contribution in [0.4, 0.5) is 10.1 Å². The molecule has 1 aliphatic rings. The molecule has 2 atom stereocenters. The summed E-state index contributed by atoms with van der Waals surface area (Å²) in [5, 5.41) is 11.7. The number of benzene rings is 1. The fourth-order valence-electron chi connectivity index (χ4n) is 2.22. The second-order valence-electron chi connectivity index (χ2n) is 4.65. The molecule has 1 saturated heterocycles. The number of hydrogen-bond acceptors (Lipinski definition) is 3. The third kappa shape index (κ3) is 3.08. The number of piperazine rings is 1. The number of carbonyl (C=O) groups excluding carboxylic acids is 1. The van der Waals surface area contributed by atoms with Crippen LogP contribution in [0.15, 0.2) is 24.3 Å². The molecule has 0 saturated carbocycles. The quantitative estimate of drug-likeness (QED) is 0.856. The van der Waals surface area contributed by atoms with Gasteiger partial charge in [0.2, 0.25) is 5.91 Å². The van der Waals surface area contributed by atoms with E-state index in [-0.39, 0.29) is 18.4 Å². The predicted octanol–water partition coefficient (Wildman–Crippen LogP) is 0.994. The van der Waals surface area contributed by atoms with E-state index in [0.29, 0.717) is 12.2 Å². The number of carboxylic acid groups (broad SMARTS) is 1. The summed E-state index contributed by atoms with van der Waals surface area (Å²) in [6.45, 7) is 2.24. The first-order chi connectivity index (χ1) is 8.97. The van der Waals surface area contributed by atoms with Gasteiger partial charge in [0.25, 0.3) is 0 Å². The normalized spacial score (nSPS) is 23.5. The molecule has 2 N–H and O–H groups in total. The Bertz CT molecular complexity index is 506. The van der Waals surface area contributed by atoms with Gasteiger partial charge in [-0.1, -0.05) is 6.07 Å². The molecule has 1 fully saturated rings. The third-order valence-corrected chi connectivity index (χ3v) is 3.00. The average molecular weight is 266 g/mol. The van der Waals surface area contributed by atoms with E-state index in [9.17, 15) is 14.0 Å². The third-order valence-electron chi connectivity index (χ3n) is 3.00. The van der Waals surface area contributed by atoms with Crippen molar-refractivity contribution in [2.24, 2.45) is 0 Å². The van der Waals surface area contributed by atoms with Crippen LogP contribution in [-0.2, 0) is 9.59 Å². The molecule has 102 valence electrons. The second kappa shape index (κ2) is 5.36. The Morgan fingerprint density at radius 3 is 2.95 bits per heavy atom. The molecule has 1 amide bonds. The van der Waals surface area contributed by atoms with Crippen molar-refractivity contribution < 1.29 is 19.1 Å². The molecule has 2 rings (SSSR count). The zero-order valence-electron chi connectivity index (χ0n) is 10.5. The van der Waals surface area contributed by atoms with E-state index in [4.69, 9.17) is 5.11 Å². The number of nitrogens with zero attached hydrogens (tertiary/aromatic N) is 1. The van der Waals surface area contributed by atoms with Gasteiger partial charge in [-0.3, -0.25) is 9.59 Å². The fraction of sp³-hybridized carbons (Fsp3) is 0.385. The van der Waals surface area contributed by atoms with Crippen LogP contribution in [0.5, 0.6) is 0 Å². The molecule has 6 heteroatoms. The van der Waals surface area contributed by atoms with Crippen molar-refractivity contribution in [1.29, 1.82) is 0 Å². The molecule has 5 nitrogen and oxygen atoms in total. The molecular formula is C13H15FN2O3. The van der Waals surface area contributed by atoms with E-state index in [0.717, 1.165) is 0 Å². The summed E-state index contributed by atoms with van der Waals surface area (Å²) in [4.78, 5) is 24.4. The zero-order valence-corrected chi connectivity index (χ0v) is 10.5. The molecule has 19 heavy (non-hydrogen) atoms. The maximum Gasteiger partial charge on any atom is 0.305 e. The molecular weight excluding hydrogens is 251 g/mol. The van der Waals surface area contributed by atoms with Gasteiger partial charge in [0.1, 0.15) is 5.82 Å². The number of rotatable bonds is 3. The van der Waals surface area contributed by atoms with Crippen molar-refractivity contribution in [2.75, 3.05) is 11.4 Å². The number of aliphatic carboxylic acids is 1. The Hall–Kier alpha value is -1.95. The lowest BCUT2D eigenvalue weighted by atomic mass is 10.1. The molecule has 0 aromatic heterocycles. The van der Waals surface area contributed by atoms with Crippen LogP contribution in [-0.4, -0.2) is 35.6 Å². The number of anilines is 1. The van der Waals surface area contributed by atoms with Gasteiger partial charge < -0.3 is 15.3 Å². The van der Waals surface area contributed by atoms with Crippen molar-refractivity contribution in [3.8, 4) is 0 Å². The van der Waals surface area contributed by atoms with E-state index in [1.165, 1.54) is 23.1 Å². The van der Waals surface area contributed by atoms with Crippen LogP contribution in [0.25, 0.3) is 0 Å². The summed E-state index contributed by atoms with van der Waals surface area (Å²) < 4.78 is 13.2. The Labute approximate surface area is 110 Å². The number of hydrogen-bond donors (Lipinski definition) is 2. The molecule has 1 heterocycles. The van der Waals surface area contributed by atoms with Crippen molar-refractivity contribution in [3.63, 3.8) is 0 Å². The predicted molar refractivity (Wildman–Crippen MR) is 67.4 cm³/mol. The molecule has 0 aliphatic carbocycles. The maximum atomic E-state index is 13.2. The minimum Gasteiger partial charge on any atom is -0.481 e. The fourth-order valence-corrected chi connectivity index (χ4v) is 2.22. The highest BCUT2D eigenvalue weighted by Crippen LogP contribution is 2.20. The first-order valence-corrected chi connectivity index (χ1v) is 6.02. The van der Waals surface area contributed by atoms with Crippen molar-refractivity contribution >= 4 is 17.6 Å². The summed E-state index contributed by atoms with van der Waals surface area (Å²) in [6, 6.07) is 4.91. The van der Waals surface area contributed by atoms with Gasteiger partial charge in [-0.2, -0.15) is 0 Å². The Morgan fingerprint density at radius 2 is 2.32 bits per heavy atom. The Kier molecular flexibility index (Phi) is 3.80. The van der Waals surface area contributed by atoms with E-state index < -0.39 is 17.8 Å². The van der Waals surface area contributed by atoms with Crippen LogP contribution in [0.1, 0.15) is 13.3 Å². The van der Waals surface area contributed by atoms with E-state index in [2.05, 4.69) is 5.32 Å². The Balaban J connectivity index is 2.24. The molecule has 1 aromatic carbocycles. The van der Waals surface area contributed by atoms with Crippen molar-refractivity contribution in [2.45, 2.75) is 25.4 Å². The molecule has 0 spiro atoms. The van der Waals surface area contributed by atoms with Crippen LogP contribution < -0.4 is 10.2 Å².